The molecule has 0 radical (unpaired) electrons. The molecule has 1 aromatic rings. The Kier molecular flexibility index (Phi) is 4.93. The number of rotatable bonds is 5. The fourth-order valence-electron chi connectivity index (χ4n) is 2.60. The largest absolute Gasteiger partial charge is 0.373 e. The fraction of sp³-hybridized carbons (Fsp3) is 0.688. The third kappa shape index (κ3) is 4.49. The lowest BCUT2D eigenvalue weighted by Gasteiger charge is -2.23. The molecule has 0 saturated carbocycles. The third-order valence-corrected chi connectivity index (χ3v) is 3.66. The number of amides is 1. The minimum Gasteiger partial charge on any atom is -0.373 e. The number of carbonyl (C=O) groups excluding carboxylic acids is 1. The van der Waals surface area contributed by atoms with E-state index in [2.05, 4.69) is 29.1 Å². The lowest BCUT2D eigenvalue weighted by molar-refractivity contribution is 0.0205. The molecule has 2 heterocycles. The van der Waals surface area contributed by atoms with Crippen molar-refractivity contribution in [1.82, 2.24) is 15.3 Å². The zero-order chi connectivity index (χ0) is 15.5. The van der Waals surface area contributed by atoms with Gasteiger partial charge in [-0.3, -0.25) is 4.79 Å². The normalized spacial score (nSPS) is 21.8. The summed E-state index contributed by atoms with van der Waals surface area (Å²) in [5.41, 5.74) is 1.13. The number of nitrogens with one attached hydrogen (secondary N) is 1. The monoisotopic (exact) mass is 291 g/mol. The number of nitrogens with zero attached hydrogens (tertiary/aromatic N) is 2. The van der Waals surface area contributed by atoms with Gasteiger partial charge < -0.3 is 10.1 Å². The molecule has 1 fully saturated rings. The van der Waals surface area contributed by atoms with Crippen LogP contribution in [0.3, 0.4) is 0 Å². The minimum absolute atomic E-state index is 0.151. The summed E-state index contributed by atoms with van der Waals surface area (Å²) < 4.78 is 5.68. The second kappa shape index (κ2) is 6.52. The Hall–Kier alpha value is -1.49. The van der Waals surface area contributed by atoms with E-state index in [1.54, 1.807) is 6.07 Å². The van der Waals surface area contributed by atoms with Crippen LogP contribution in [0.4, 0.5) is 0 Å². The third-order valence-electron chi connectivity index (χ3n) is 3.66. The molecule has 0 bridgehead atoms. The number of ether oxygens (including phenoxy) is 1. The second-order valence-corrected chi connectivity index (χ2v) is 6.47. The van der Waals surface area contributed by atoms with Crippen molar-refractivity contribution < 1.29 is 9.53 Å². The van der Waals surface area contributed by atoms with Gasteiger partial charge in [0.15, 0.2) is 0 Å². The zero-order valence-electron chi connectivity index (χ0n) is 13.4. The van der Waals surface area contributed by atoms with Gasteiger partial charge >= 0.3 is 0 Å². The first-order chi connectivity index (χ1) is 9.88. The Morgan fingerprint density at radius 3 is 2.86 bits per heavy atom. The van der Waals surface area contributed by atoms with Crippen LogP contribution in [0.2, 0.25) is 0 Å². The van der Waals surface area contributed by atoms with Crippen molar-refractivity contribution >= 4 is 5.91 Å². The molecule has 1 amide bonds. The zero-order valence-corrected chi connectivity index (χ0v) is 13.4. The molecule has 1 atom stereocenters. The summed E-state index contributed by atoms with van der Waals surface area (Å²) in [5, 5.41) is 2.93. The molecule has 1 N–H and O–H groups in total. The first-order valence-corrected chi connectivity index (χ1v) is 7.65. The summed E-state index contributed by atoms with van der Waals surface area (Å²) in [6.45, 7) is 9.43. The van der Waals surface area contributed by atoms with Crippen LogP contribution in [0, 0.1) is 12.8 Å². The predicted molar refractivity (Wildman–Crippen MR) is 81.2 cm³/mol. The van der Waals surface area contributed by atoms with Crippen LogP contribution in [-0.4, -0.2) is 34.6 Å². The number of aromatic nitrogens is 2. The summed E-state index contributed by atoms with van der Waals surface area (Å²) in [6, 6.07) is 1.79. The van der Waals surface area contributed by atoms with Gasteiger partial charge in [-0.1, -0.05) is 13.8 Å². The molecule has 1 saturated heterocycles. The topological polar surface area (TPSA) is 64.1 Å². The summed E-state index contributed by atoms with van der Waals surface area (Å²) in [7, 11) is 0. The highest BCUT2D eigenvalue weighted by atomic mass is 16.5. The first-order valence-electron chi connectivity index (χ1n) is 7.65. The van der Waals surface area contributed by atoms with Gasteiger partial charge in [-0.05, 0) is 45.1 Å². The highest BCUT2D eigenvalue weighted by Crippen LogP contribution is 2.23. The van der Waals surface area contributed by atoms with Gasteiger partial charge in [0.1, 0.15) is 11.5 Å². The van der Waals surface area contributed by atoms with Gasteiger partial charge in [-0.25, -0.2) is 9.97 Å². The number of hydrogen-bond acceptors (Lipinski definition) is 4. The van der Waals surface area contributed by atoms with E-state index in [4.69, 9.17) is 4.74 Å². The molecule has 2 rings (SSSR count). The van der Waals surface area contributed by atoms with Gasteiger partial charge in [0, 0.05) is 18.8 Å². The maximum Gasteiger partial charge on any atom is 0.270 e. The van der Waals surface area contributed by atoms with E-state index in [9.17, 15) is 4.79 Å². The highest BCUT2D eigenvalue weighted by molar-refractivity contribution is 5.92. The van der Waals surface area contributed by atoms with E-state index in [0.717, 1.165) is 31.6 Å². The lowest BCUT2D eigenvalue weighted by Crippen LogP contribution is -2.40. The van der Waals surface area contributed by atoms with Crippen LogP contribution in [-0.2, 0) is 11.2 Å². The standard InChI is InChI=1S/C16H25N3O2/c1-11(2)8-13-9-14(19-12(3)18-13)15(20)17-10-16(4)6-5-7-21-16/h9,11H,5-8,10H2,1-4H3,(H,17,20)/t16-/m1/s1. The van der Waals surface area contributed by atoms with Crippen molar-refractivity contribution in [1.29, 1.82) is 0 Å². The molecule has 1 aromatic heterocycles. The molecule has 1 aliphatic heterocycles. The minimum atomic E-state index is -0.238. The predicted octanol–water partition coefficient (Wildman–Crippen LogP) is 2.28. The van der Waals surface area contributed by atoms with Crippen LogP contribution in [0.1, 0.15) is 55.6 Å². The second-order valence-electron chi connectivity index (χ2n) is 6.47. The quantitative estimate of drug-likeness (QED) is 0.904. The molecule has 0 spiro atoms. The summed E-state index contributed by atoms with van der Waals surface area (Å²) >= 11 is 0. The van der Waals surface area contributed by atoms with Gasteiger partial charge in [0.25, 0.3) is 5.91 Å². The molecule has 21 heavy (non-hydrogen) atoms. The number of aryl methyl sites for hydroxylation is 1. The SMILES string of the molecule is Cc1nc(CC(C)C)cc(C(=O)NC[C@@]2(C)CCCO2)n1. The van der Waals surface area contributed by atoms with E-state index in [0.29, 0.717) is 24.0 Å². The van der Waals surface area contributed by atoms with Crippen LogP contribution in [0.15, 0.2) is 6.07 Å². The van der Waals surface area contributed by atoms with Crippen molar-refractivity contribution in [2.45, 2.75) is 52.6 Å². The Bertz CT molecular complexity index is 508. The van der Waals surface area contributed by atoms with Gasteiger partial charge in [0.05, 0.1) is 5.60 Å². The van der Waals surface area contributed by atoms with E-state index in [1.165, 1.54) is 0 Å². The maximum atomic E-state index is 12.3. The van der Waals surface area contributed by atoms with Crippen LogP contribution in [0.25, 0.3) is 0 Å². The van der Waals surface area contributed by atoms with Gasteiger partial charge in [-0.2, -0.15) is 0 Å². The molecular weight excluding hydrogens is 266 g/mol. The highest BCUT2D eigenvalue weighted by Gasteiger charge is 2.30. The van der Waals surface area contributed by atoms with Gasteiger partial charge in [-0.15, -0.1) is 0 Å². The lowest BCUT2D eigenvalue weighted by atomic mass is 10.0. The number of hydrogen-bond donors (Lipinski definition) is 1. The first kappa shape index (κ1) is 15.9. The Balaban J connectivity index is 2.02. The van der Waals surface area contributed by atoms with E-state index in [1.807, 2.05) is 13.8 Å². The molecule has 0 aromatic carbocycles. The summed E-state index contributed by atoms with van der Waals surface area (Å²) in [4.78, 5) is 20.9. The van der Waals surface area contributed by atoms with Gasteiger partial charge in [0.2, 0.25) is 0 Å². The van der Waals surface area contributed by atoms with Crippen LogP contribution >= 0.6 is 0 Å². The van der Waals surface area contributed by atoms with Crippen molar-refractivity contribution in [3.63, 3.8) is 0 Å². The Morgan fingerprint density at radius 1 is 1.48 bits per heavy atom. The Morgan fingerprint density at radius 2 is 2.24 bits per heavy atom. The molecule has 116 valence electrons. The van der Waals surface area contributed by atoms with Crippen LogP contribution < -0.4 is 5.32 Å². The van der Waals surface area contributed by atoms with Crippen molar-refractivity contribution in [3.8, 4) is 0 Å². The fourth-order valence-corrected chi connectivity index (χ4v) is 2.60. The number of carbonyl (C=O) groups is 1. The molecule has 0 unspecified atom stereocenters. The smallest absolute Gasteiger partial charge is 0.270 e. The average Bonchev–Trinajstić information content (AvgIpc) is 2.82. The molecule has 5 nitrogen and oxygen atoms in total. The van der Waals surface area contributed by atoms with E-state index in [-0.39, 0.29) is 11.5 Å². The van der Waals surface area contributed by atoms with Crippen molar-refractivity contribution in [3.05, 3.63) is 23.3 Å². The maximum absolute atomic E-state index is 12.3. The average molecular weight is 291 g/mol. The molecule has 0 aliphatic carbocycles. The van der Waals surface area contributed by atoms with E-state index < -0.39 is 0 Å². The van der Waals surface area contributed by atoms with Crippen molar-refractivity contribution in [2.75, 3.05) is 13.2 Å². The van der Waals surface area contributed by atoms with Crippen LogP contribution in [0.5, 0.6) is 0 Å². The molecule has 1 aliphatic rings. The summed E-state index contributed by atoms with van der Waals surface area (Å²) in [6.07, 6.45) is 2.89. The molecular formula is C16H25N3O2. The molecule has 5 heteroatoms. The Labute approximate surface area is 126 Å². The van der Waals surface area contributed by atoms with E-state index >= 15 is 0 Å². The summed E-state index contributed by atoms with van der Waals surface area (Å²) in [5.74, 6) is 0.991. The van der Waals surface area contributed by atoms with Crippen molar-refractivity contribution in [2.24, 2.45) is 5.92 Å².